The molecular formula is C17H30N2O2. The Morgan fingerprint density at radius 1 is 1.19 bits per heavy atom. The monoisotopic (exact) mass is 294 g/mol. The lowest BCUT2D eigenvalue weighted by atomic mass is 9.91. The van der Waals surface area contributed by atoms with Gasteiger partial charge < -0.3 is 5.11 Å². The Hall–Kier alpha value is -0.610. The number of hydrogen-bond acceptors (Lipinski definition) is 3. The first-order chi connectivity index (χ1) is 10.2. The van der Waals surface area contributed by atoms with Crippen LogP contribution in [-0.4, -0.2) is 46.7 Å². The average molecular weight is 294 g/mol. The molecule has 2 saturated carbocycles. The van der Waals surface area contributed by atoms with E-state index in [2.05, 4.69) is 17.1 Å². The third-order valence-corrected chi connectivity index (χ3v) is 5.62. The highest BCUT2D eigenvalue weighted by Gasteiger charge is 2.54. The lowest BCUT2D eigenvalue weighted by Crippen LogP contribution is -2.62. The first kappa shape index (κ1) is 15.3. The molecule has 120 valence electrons. The van der Waals surface area contributed by atoms with Crippen LogP contribution >= 0.6 is 0 Å². The quantitative estimate of drug-likeness (QED) is 0.758. The smallest absolute Gasteiger partial charge is 0.325 e. The van der Waals surface area contributed by atoms with Gasteiger partial charge in [-0.3, -0.25) is 15.0 Å². The van der Waals surface area contributed by atoms with E-state index in [1.165, 1.54) is 25.7 Å². The molecular weight excluding hydrogens is 264 g/mol. The first-order valence-electron chi connectivity index (χ1n) is 8.91. The van der Waals surface area contributed by atoms with Crippen LogP contribution in [0.15, 0.2) is 0 Å². The number of nitrogens with zero attached hydrogens (tertiary/aromatic N) is 1. The summed E-state index contributed by atoms with van der Waals surface area (Å²) >= 11 is 0. The van der Waals surface area contributed by atoms with Crippen LogP contribution in [0.5, 0.6) is 0 Å². The number of likely N-dealkylation sites (tertiary alicyclic amines) is 1. The summed E-state index contributed by atoms with van der Waals surface area (Å²) in [5.41, 5.74) is -0.682. The maximum Gasteiger partial charge on any atom is 0.325 e. The number of carboxylic acids is 1. The maximum atomic E-state index is 12.1. The number of rotatable bonds is 7. The zero-order valence-electron chi connectivity index (χ0n) is 13.3. The van der Waals surface area contributed by atoms with E-state index in [1.54, 1.807) is 0 Å². The van der Waals surface area contributed by atoms with Crippen molar-refractivity contribution in [3.63, 3.8) is 0 Å². The summed E-state index contributed by atoms with van der Waals surface area (Å²) < 4.78 is 0. The van der Waals surface area contributed by atoms with Crippen molar-refractivity contribution in [3.8, 4) is 0 Å². The van der Waals surface area contributed by atoms with E-state index in [0.29, 0.717) is 24.5 Å². The Labute approximate surface area is 128 Å². The zero-order chi connectivity index (χ0) is 14.9. The van der Waals surface area contributed by atoms with E-state index in [-0.39, 0.29) is 0 Å². The number of carboxylic acid groups (broad SMARTS) is 1. The van der Waals surface area contributed by atoms with Crippen molar-refractivity contribution >= 4 is 5.97 Å². The Balaban J connectivity index is 1.76. The molecule has 3 aliphatic rings. The maximum absolute atomic E-state index is 12.1. The van der Waals surface area contributed by atoms with Crippen LogP contribution < -0.4 is 5.32 Å². The molecule has 1 saturated heterocycles. The molecule has 4 heteroatoms. The molecule has 0 aromatic heterocycles. The van der Waals surface area contributed by atoms with Gasteiger partial charge in [0, 0.05) is 18.6 Å². The highest BCUT2D eigenvalue weighted by molar-refractivity contribution is 5.80. The minimum atomic E-state index is -0.682. The van der Waals surface area contributed by atoms with Crippen molar-refractivity contribution < 1.29 is 9.90 Å². The number of aliphatic carboxylic acids is 1. The van der Waals surface area contributed by atoms with Crippen LogP contribution in [0.4, 0.5) is 0 Å². The minimum absolute atomic E-state index is 0.344. The molecule has 3 rings (SSSR count). The summed E-state index contributed by atoms with van der Waals surface area (Å²) in [7, 11) is 0. The predicted molar refractivity (Wildman–Crippen MR) is 83.4 cm³/mol. The van der Waals surface area contributed by atoms with Crippen LogP contribution in [0.25, 0.3) is 0 Å². The number of nitrogens with one attached hydrogen (secondary N) is 1. The predicted octanol–water partition coefficient (Wildman–Crippen LogP) is 2.63. The van der Waals surface area contributed by atoms with Gasteiger partial charge in [-0.25, -0.2) is 0 Å². The van der Waals surface area contributed by atoms with Crippen molar-refractivity contribution in [2.45, 2.75) is 82.3 Å². The lowest BCUT2D eigenvalue weighted by Gasteiger charge is -2.39. The summed E-state index contributed by atoms with van der Waals surface area (Å²) in [6.45, 7) is 4.03. The van der Waals surface area contributed by atoms with Gasteiger partial charge in [-0.05, 0) is 57.4 Å². The van der Waals surface area contributed by atoms with Gasteiger partial charge in [-0.2, -0.15) is 0 Å². The van der Waals surface area contributed by atoms with Gasteiger partial charge in [0.1, 0.15) is 5.54 Å². The van der Waals surface area contributed by atoms with E-state index in [1.807, 2.05) is 0 Å². The van der Waals surface area contributed by atoms with Crippen molar-refractivity contribution in [1.29, 1.82) is 0 Å². The lowest BCUT2D eigenvalue weighted by molar-refractivity contribution is -0.147. The van der Waals surface area contributed by atoms with Crippen molar-refractivity contribution in [1.82, 2.24) is 10.2 Å². The van der Waals surface area contributed by atoms with Crippen LogP contribution in [0.1, 0.15) is 64.7 Å². The standard InChI is InChI=1S/C17H30N2O2/c1-2-15-6-4-3-5-11-19(15)12-17(16(20)21,13-7-8-13)18-14-9-10-14/h13-15,18H,2-12H2,1H3,(H,20,21). The molecule has 2 unspecified atom stereocenters. The fraction of sp³-hybridized carbons (Fsp3) is 0.941. The van der Waals surface area contributed by atoms with Crippen LogP contribution in [0.3, 0.4) is 0 Å². The van der Waals surface area contributed by atoms with Gasteiger partial charge in [0.2, 0.25) is 0 Å². The highest BCUT2D eigenvalue weighted by Crippen LogP contribution is 2.43. The Kier molecular flexibility index (Phi) is 4.55. The SMILES string of the molecule is CCC1CCCCCN1CC(NC1CC1)(C(=O)O)C1CC1. The van der Waals surface area contributed by atoms with Gasteiger partial charge in [0.25, 0.3) is 0 Å². The van der Waals surface area contributed by atoms with Crippen LogP contribution in [0.2, 0.25) is 0 Å². The first-order valence-corrected chi connectivity index (χ1v) is 8.91. The molecule has 4 nitrogen and oxygen atoms in total. The molecule has 2 atom stereocenters. The fourth-order valence-electron chi connectivity index (χ4n) is 3.99. The van der Waals surface area contributed by atoms with Crippen LogP contribution in [0, 0.1) is 5.92 Å². The van der Waals surface area contributed by atoms with E-state index < -0.39 is 11.5 Å². The zero-order valence-corrected chi connectivity index (χ0v) is 13.3. The molecule has 0 amide bonds. The second-order valence-corrected chi connectivity index (χ2v) is 7.35. The second kappa shape index (κ2) is 6.25. The Morgan fingerprint density at radius 3 is 2.52 bits per heavy atom. The summed E-state index contributed by atoms with van der Waals surface area (Å²) in [5.74, 6) is -0.271. The molecule has 2 aliphatic carbocycles. The Bertz CT molecular complexity index is 379. The van der Waals surface area contributed by atoms with Gasteiger partial charge in [0.05, 0.1) is 0 Å². The summed E-state index contributed by atoms with van der Waals surface area (Å²) in [6.07, 6.45) is 10.7. The molecule has 21 heavy (non-hydrogen) atoms. The van der Waals surface area contributed by atoms with Crippen molar-refractivity contribution in [3.05, 3.63) is 0 Å². The van der Waals surface area contributed by atoms with Crippen LogP contribution in [-0.2, 0) is 4.79 Å². The molecule has 1 aliphatic heterocycles. The third kappa shape index (κ3) is 3.42. The molecule has 0 bridgehead atoms. The molecule has 1 heterocycles. The number of hydrogen-bond donors (Lipinski definition) is 2. The largest absolute Gasteiger partial charge is 0.480 e. The van der Waals surface area contributed by atoms with Gasteiger partial charge in [-0.1, -0.05) is 19.8 Å². The van der Waals surface area contributed by atoms with E-state index >= 15 is 0 Å². The van der Waals surface area contributed by atoms with Gasteiger partial charge >= 0.3 is 5.97 Å². The van der Waals surface area contributed by atoms with Gasteiger partial charge in [0.15, 0.2) is 0 Å². The molecule has 2 N–H and O–H groups in total. The minimum Gasteiger partial charge on any atom is -0.480 e. The normalized spacial score (nSPS) is 30.6. The molecule has 0 aromatic carbocycles. The molecule has 0 spiro atoms. The topological polar surface area (TPSA) is 52.6 Å². The average Bonchev–Trinajstić information content (AvgIpc) is 3.30. The van der Waals surface area contributed by atoms with Gasteiger partial charge in [-0.15, -0.1) is 0 Å². The summed E-state index contributed by atoms with van der Waals surface area (Å²) in [4.78, 5) is 14.6. The Morgan fingerprint density at radius 2 is 1.95 bits per heavy atom. The molecule has 0 aromatic rings. The van der Waals surface area contributed by atoms with E-state index in [4.69, 9.17) is 0 Å². The van der Waals surface area contributed by atoms with E-state index in [0.717, 1.165) is 38.6 Å². The van der Waals surface area contributed by atoms with Crippen molar-refractivity contribution in [2.24, 2.45) is 5.92 Å². The number of carbonyl (C=O) groups is 1. The second-order valence-electron chi connectivity index (χ2n) is 7.35. The van der Waals surface area contributed by atoms with Crippen molar-refractivity contribution in [2.75, 3.05) is 13.1 Å². The molecule has 0 radical (unpaired) electrons. The third-order valence-electron chi connectivity index (χ3n) is 5.62. The highest BCUT2D eigenvalue weighted by atomic mass is 16.4. The fourth-order valence-corrected chi connectivity index (χ4v) is 3.99. The summed E-state index contributed by atoms with van der Waals surface area (Å²) in [6, 6.07) is 1.03. The van der Waals surface area contributed by atoms with E-state index in [9.17, 15) is 9.90 Å². The summed E-state index contributed by atoms with van der Waals surface area (Å²) in [5, 5.41) is 13.5. The molecule has 3 fully saturated rings.